The van der Waals surface area contributed by atoms with Gasteiger partial charge in [-0.05, 0) is 18.9 Å². The maximum atomic E-state index is 11.3. The SMILES string of the molecule is CCC(CC)NCCn1ncccc1=O. The molecule has 1 N–H and O–H groups in total. The third kappa shape index (κ3) is 3.83. The lowest BCUT2D eigenvalue weighted by atomic mass is 10.2. The molecule has 0 fully saturated rings. The van der Waals surface area contributed by atoms with E-state index in [2.05, 4.69) is 24.3 Å². The van der Waals surface area contributed by atoms with Gasteiger partial charge in [0.25, 0.3) is 5.56 Å². The van der Waals surface area contributed by atoms with E-state index in [0.717, 1.165) is 19.4 Å². The summed E-state index contributed by atoms with van der Waals surface area (Å²) in [5.74, 6) is 0. The van der Waals surface area contributed by atoms with Gasteiger partial charge in [0.2, 0.25) is 0 Å². The van der Waals surface area contributed by atoms with E-state index in [1.165, 1.54) is 10.7 Å². The van der Waals surface area contributed by atoms with Crippen LogP contribution in [0.5, 0.6) is 0 Å². The van der Waals surface area contributed by atoms with Crippen LogP contribution < -0.4 is 10.9 Å². The van der Waals surface area contributed by atoms with Gasteiger partial charge in [0.1, 0.15) is 0 Å². The summed E-state index contributed by atoms with van der Waals surface area (Å²) in [6.45, 7) is 5.75. The van der Waals surface area contributed by atoms with Crippen molar-refractivity contribution in [2.45, 2.75) is 39.3 Å². The standard InChI is InChI=1S/C11H19N3O/c1-3-10(4-2)12-8-9-14-11(15)6-5-7-13-14/h5-7,10,12H,3-4,8-9H2,1-2H3. The van der Waals surface area contributed by atoms with Gasteiger partial charge in [0.05, 0.1) is 6.54 Å². The third-order valence-corrected chi connectivity index (χ3v) is 2.53. The highest BCUT2D eigenvalue weighted by Gasteiger charge is 2.01. The predicted octanol–water partition coefficient (Wildman–Crippen LogP) is 1.02. The van der Waals surface area contributed by atoms with Crippen LogP contribution in [-0.4, -0.2) is 22.4 Å². The van der Waals surface area contributed by atoms with Crippen molar-refractivity contribution in [2.75, 3.05) is 6.54 Å². The molecule has 15 heavy (non-hydrogen) atoms. The van der Waals surface area contributed by atoms with Crippen LogP contribution in [0.4, 0.5) is 0 Å². The van der Waals surface area contributed by atoms with Crippen molar-refractivity contribution < 1.29 is 0 Å². The summed E-state index contributed by atoms with van der Waals surface area (Å²) in [4.78, 5) is 11.3. The lowest BCUT2D eigenvalue weighted by Crippen LogP contribution is -2.33. The van der Waals surface area contributed by atoms with Crippen LogP contribution >= 0.6 is 0 Å². The first-order valence-corrected chi connectivity index (χ1v) is 5.53. The maximum absolute atomic E-state index is 11.3. The molecule has 0 saturated carbocycles. The molecule has 4 heteroatoms. The minimum atomic E-state index is -0.0381. The Morgan fingerprint density at radius 1 is 1.47 bits per heavy atom. The van der Waals surface area contributed by atoms with Crippen LogP contribution in [0.25, 0.3) is 0 Å². The zero-order valence-electron chi connectivity index (χ0n) is 9.44. The van der Waals surface area contributed by atoms with Gasteiger partial charge in [-0.15, -0.1) is 0 Å². The summed E-state index contributed by atoms with van der Waals surface area (Å²) in [5.41, 5.74) is -0.0381. The molecular formula is C11H19N3O. The largest absolute Gasteiger partial charge is 0.312 e. The molecule has 0 amide bonds. The van der Waals surface area contributed by atoms with E-state index in [1.807, 2.05) is 0 Å². The van der Waals surface area contributed by atoms with E-state index in [0.29, 0.717) is 12.6 Å². The van der Waals surface area contributed by atoms with E-state index in [9.17, 15) is 4.79 Å². The van der Waals surface area contributed by atoms with Crippen LogP contribution in [0.1, 0.15) is 26.7 Å². The first kappa shape index (κ1) is 11.9. The molecule has 0 radical (unpaired) electrons. The molecule has 0 spiro atoms. The second-order valence-corrected chi connectivity index (χ2v) is 3.55. The van der Waals surface area contributed by atoms with Crippen molar-refractivity contribution in [3.05, 3.63) is 28.7 Å². The molecule has 0 aliphatic carbocycles. The van der Waals surface area contributed by atoms with Gasteiger partial charge in [-0.3, -0.25) is 4.79 Å². The Bertz CT molecular complexity index is 331. The fourth-order valence-electron chi connectivity index (χ4n) is 1.51. The van der Waals surface area contributed by atoms with Crippen molar-refractivity contribution in [1.29, 1.82) is 0 Å². The Kier molecular flexibility index (Phi) is 5.04. The third-order valence-electron chi connectivity index (χ3n) is 2.53. The lowest BCUT2D eigenvalue weighted by molar-refractivity contribution is 0.447. The molecule has 1 rings (SSSR count). The summed E-state index contributed by atoms with van der Waals surface area (Å²) >= 11 is 0. The summed E-state index contributed by atoms with van der Waals surface area (Å²) in [6.07, 6.45) is 3.87. The highest BCUT2D eigenvalue weighted by atomic mass is 16.1. The van der Waals surface area contributed by atoms with Gasteiger partial charge < -0.3 is 5.32 Å². The van der Waals surface area contributed by atoms with E-state index in [1.54, 1.807) is 12.3 Å². The van der Waals surface area contributed by atoms with Crippen LogP contribution in [-0.2, 0) is 6.54 Å². The average Bonchev–Trinajstić information content (AvgIpc) is 2.27. The van der Waals surface area contributed by atoms with Gasteiger partial charge in [-0.1, -0.05) is 13.8 Å². The summed E-state index contributed by atoms with van der Waals surface area (Å²) in [5, 5.41) is 7.39. The van der Waals surface area contributed by atoms with Crippen LogP contribution in [0.2, 0.25) is 0 Å². The fourth-order valence-corrected chi connectivity index (χ4v) is 1.51. The Hall–Kier alpha value is -1.16. The highest BCUT2D eigenvalue weighted by Crippen LogP contribution is 1.94. The molecule has 4 nitrogen and oxygen atoms in total. The van der Waals surface area contributed by atoms with Gasteiger partial charge in [-0.25, -0.2) is 4.68 Å². The Morgan fingerprint density at radius 3 is 2.80 bits per heavy atom. The number of hydrogen-bond donors (Lipinski definition) is 1. The van der Waals surface area contributed by atoms with Crippen molar-refractivity contribution in [3.8, 4) is 0 Å². The monoisotopic (exact) mass is 209 g/mol. The van der Waals surface area contributed by atoms with Gasteiger partial charge in [0.15, 0.2) is 0 Å². The molecule has 1 aromatic heterocycles. The second kappa shape index (κ2) is 6.35. The number of nitrogens with zero attached hydrogens (tertiary/aromatic N) is 2. The summed E-state index contributed by atoms with van der Waals surface area (Å²) in [7, 11) is 0. The van der Waals surface area contributed by atoms with Crippen molar-refractivity contribution >= 4 is 0 Å². The molecule has 0 aromatic carbocycles. The van der Waals surface area contributed by atoms with E-state index < -0.39 is 0 Å². The molecule has 0 saturated heterocycles. The van der Waals surface area contributed by atoms with Crippen LogP contribution in [0.3, 0.4) is 0 Å². The molecule has 0 atom stereocenters. The second-order valence-electron chi connectivity index (χ2n) is 3.55. The molecule has 0 bridgehead atoms. The van der Waals surface area contributed by atoms with Crippen molar-refractivity contribution in [3.63, 3.8) is 0 Å². The Labute approximate surface area is 90.3 Å². The van der Waals surface area contributed by atoms with Crippen LogP contribution in [0.15, 0.2) is 23.1 Å². The smallest absolute Gasteiger partial charge is 0.266 e. The van der Waals surface area contributed by atoms with E-state index in [4.69, 9.17) is 0 Å². The number of nitrogens with one attached hydrogen (secondary N) is 1. The molecule has 1 aromatic rings. The predicted molar refractivity (Wildman–Crippen MR) is 60.9 cm³/mol. The minimum Gasteiger partial charge on any atom is -0.312 e. The molecule has 0 aliphatic rings. The normalized spacial score (nSPS) is 10.9. The Balaban J connectivity index is 2.38. The van der Waals surface area contributed by atoms with Gasteiger partial charge in [-0.2, -0.15) is 5.10 Å². The topological polar surface area (TPSA) is 46.9 Å². The average molecular weight is 209 g/mol. The fraction of sp³-hybridized carbons (Fsp3) is 0.636. The van der Waals surface area contributed by atoms with E-state index in [-0.39, 0.29) is 5.56 Å². The molecule has 1 heterocycles. The van der Waals surface area contributed by atoms with E-state index >= 15 is 0 Å². The zero-order valence-corrected chi connectivity index (χ0v) is 9.44. The lowest BCUT2D eigenvalue weighted by Gasteiger charge is -2.14. The number of aromatic nitrogens is 2. The molecular weight excluding hydrogens is 190 g/mol. The quantitative estimate of drug-likeness (QED) is 0.761. The Morgan fingerprint density at radius 2 is 2.20 bits per heavy atom. The summed E-state index contributed by atoms with van der Waals surface area (Å²) in [6, 6.07) is 3.74. The van der Waals surface area contributed by atoms with Crippen LogP contribution in [0, 0.1) is 0 Å². The highest BCUT2D eigenvalue weighted by molar-refractivity contribution is 4.84. The molecule has 84 valence electrons. The molecule has 0 aliphatic heterocycles. The zero-order chi connectivity index (χ0) is 11.1. The first-order chi connectivity index (χ1) is 7.27. The number of rotatable bonds is 6. The van der Waals surface area contributed by atoms with Gasteiger partial charge in [0, 0.05) is 24.8 Å². The minimum absolute atomic E-state index is 0.0381. The summed E-state index contributed by atoms with van der Waals surface area (Å²) < 4.78 is 1.48. The van der Waals surface area contributed by atoms with Crippen molar-refractivity contribution in [1.82, 2.24) is 15.1 Å². The molecule has 0 unspecified atom stereocenters. The van der Waals surface area contributed by atoms with Crippen molar-refractivity contribution in [2.24, 2.45) is 0 Å². The van der Waals surface area contributed by atoms with Gasteiger partial charge >= 0.3 is 0 Å². The first-order valence-electron chi connectivity index (χ1n) is 5.53. The number of hydrogen-bond acceptors (Lipinski definition) is 3. The maximum Gasteiger partial charge on any atom is 0.266 e.